The van der Waals surface area contributed by atoms with E-state index >= 15 is 0 Å². The van der Waals surface area contributed by atoms with Crippen molar-refractivity contribution in [2.75, 3.05) is 13.7 Å². The minimum absolute atomic E-state index is 0.203. The van der Waals surface area contributed by atoms with Crippen LogP contribution in [0.15, 0.2) is 24.3 Å². The molecule has 0 aromatic heterocycles. The Balaban J connectivity index is 3.06. The van der Waals surface area contributed by atoms with Crippen molar-refractivity contribution < 1.29 is 23.8 Å². The average molecular weight is 294 g/mol. The van der Waals surface area contributed by atoms with Crippen LogP contribution in [0.4, 0.5) is 0 Å². The minimum atomic E-state index is -1.09. The second-order valence-corrected chi connectivity index (χ2v) is 5.49. The van der Waals surface area contributed by atoms with Crippen LogP contribution in [0.1, 0.15) is 39.2 Å². The van der Waals surface area contributed by atoms with Gasteiger partial charge >= 0.3 is 11.9 Å². The first-order valence-electron chi connectivity index (χ1n) is 6.82. The van der Waals surface area contributed by atoms with Crippen LogP contribution in [0.2, 0.25) is 0 Å². The van der Waals surface area contributed by atoms with Gasteiger partial charge in [-0.15, -0.1) is 0 Å². The lowest BCUT2D eigenvalue weighted by Crippen LogP contribution is -2.32. The Morgan fingerprint density at radius 1 is 1.10 bits per heavy atom. The fraction of sp³-hybridized carbons (Fsp3) is 0.500. The molecular weight excluding hydrogens is 272 g/mol. The van der Waals surface area contributed by atoms with Gasteiger partial charge in [-0.3, -0.25) is 9.59 Å². The summed E-state index contributed by atoms with van der Waals surface area (Å²) in [5, 5.41) is 0. The monoisotopic (exact) mass is 294 g/mol. The lowest BCUT2D eigenvalue weighted by atomic mass is 9.99. The zero-order chi connectivity index (χ0) is 16.0. The van der Waals surface area contributed by atoms with Crippen molar-refractivity contribution >= 4 is 11.9 Å². The van der Waals surface area contributed by atoms with E-state index in [-0.39, 0.29) is 6.61 Å². The maximum absolute atomic E-state index is 12.3. The van der Waals surface area contributed by atoms with Crippen molar-refractivity contribution in [1.82, 2.24) is 0 Å². The highest BCUT2D eigenvalue weighted by atomic mass is 16.6. The molecule has 0 saturated heterocycles. The summed E-state index contributed by atoms with van der Waals surface area (Å²) in [4.78, 5) is 24.3. The number of carbonyl (C=O) groups excluding carboxylic acids is 2. The number of esters is 2. The van der Waals surface area contributed by atoms with Crippen LogP contribution in [0.5, 0.6) is 5.75 Å². The molecule has 0 aliphatic heterocycles. The molecule has 0 aliphatic carbocycles. The molecule has 0 radical (unpaired) electrons. The summed E-state index contributed by atoms with van der Waals surface area (Å²) in [6.07, 6.45) is 0. The van der Waals surface area contributed by atoms with E-state index in [2.05, 4.69) is 0 Å². The molecule has 21 heavy (non-hydrogen) atoms. The summed E-state index contributed by atoms with van der Waals surface area (Å²) in [7, 11) is 1.55. The summed E-state index contributed by atoms with van der Waals surface area (Å²) in [5.41, 5.74) is -0.155. The van der Waals surface area contributed by atoms with Crippen molar-refractivity contribution in [2.24, 2.45) is 0 Å². The summed E-state index contributed by atoms with van der Waals surface area (Å²) >= 11 is 0. The van der Waals surface area contributed by atoms with E-state index in [1.807, 2.05) is 0 Å². The highest BCUT2D eigenvalue weighted by Crippen LogP contribution is 2.24. The Morgan fingerprint density at radius 2 is 1.67 bits per heavy atom. The summed E-state index contributed by atoms with van der Waals surface area (Å²) in [6.45, 7) is 7.15. The van der Waals surface area contributed by atoms with Gasteiger partial charge < -0.3 is 14.2 Å². The molecule has 1 aromatic rings. The SMILES string of the molecule is CCOC(=O)C(C(=O)OC(C)(C)C)c1ccc(OC)cc1. The quantitative estimate of drug-likeness (QED) is 0.617. The summed E-state index contributed by atoms with van der Waals surface area (Å²) < 4.78 is 15.4. The van der Waals surface area contributed by atoms with Crippen molar-refractivity contribution in [1.29, 1.82) is 0 Å². The lowest BCUT2D eigenvalue weighted by Gasteiger charge is -2.23. The standard InChI is InChI=1S/C16H22O5/c1-6-20-14(17)13(15(18)21-16(2,3)4)11-7-9-12(19-5)10-8-11/h7-10,13H,6H2,1-5H3. The van der Waals surface area contributed by atoms with Crippen molar-refractivity contribution in [3.05, 3.63) is 29.8 Å². The topological polar surface area (TPSA) is 61.8 Å². The molecule has 1 aromatic carbocycles. The predicted octanol–water partition coefficient (Wildman–Crippen LogP) is 2.68. The van der Waals surface area contributed by atoms with Crippen LogP contribution in [0.3, 0.4) is 0 Å². The number of benzene rings is 1. The third-order valence-electron chi connectivity index (χ3n) is 2.61. The Hall–Kier alpha value is -2.04. The molecule has 1 atom stereocenters. The van der Waals surface area contributed by atoms with E-state index in [1.54, 1.807) is 59.1 Å². The van der Waals surface area contributed by atoms with Gasteiger partial charge in [0.2, 0.25) is 0 Å². The average Bonchev–Trinajstić information content (AvgIpc) is 2.38. The second-order valence-electron chi connectivity index (χ2n) is 5.49. The van der Waals surface area contributed by atoms with Crippen LogP contribution in [-0.4, -0.2) is 31.3 Å². The molecule has 1 unspecified atom stereocenters. The zero-order valence-corrected chi connectivity index (χ0v) is 13.1. The van der Waals surface area contributed by atoms with E-state index < -0.39 is 23.5 Å². The van der Waals surface area contributed by atoms with Gasteiger partial charge in [0.1, 0.15) is 11.4 Å². The molecule has 0 aliphatic rings. The van der Waals surface area contributed by atoms with E-state index in [0.717, 1.165) is 0 Å². The van der Waals surface area contributed by atoms with Crippen LogP contribution >= 0.6 is 0 Å². The highest BCUT2D eigenvalue weighted by molar-refractivity contribution is 6.01. The second kappa shape index (κ2) is 7.11. The Morgan fingerprint density at radius 3 is 2.10 bits per heavy atom. The normalized spacial score (nSPS) is 12.4. The largest absolute Gasteiger partial charge is 0.497 e. The Bertz CT molecular complexity index is 484. The van der Waals surface area contributed by atoms with E-state index in [0.29, 0.717) is 11.3 Å². The highest BCUT2D eigenvalue weighted by Gasteiger charge is 2.34. The van der Waals surface area contributed by atoms with Crippen LogP contribution in [0.25, 0.3) is 0 Å². The fourth-order valence-corrected chi connectivity index (χ4v) is 1.75. The molecule has 0 bridgehead atoms. The first kappa shape index (κ1) is 17.0. The predicted molar refractivity (Wildman–Crippen MR) is 78.2 cm³/mol. The van der Waals surface area contributed by atoms with Gasteiger partial charge in [0.15, 0.2) is 5.92 Å². The molecule has 116 valence electrons. The van der Waals surface area contributed by atoms with Crippen LogP contribution in [0, 0.1) is 0 Å². The third-order valence-corrected chi connectivity index (χ3v) is 2.61. The number of ether oxygens (including phenoxy) is 3. The van der Waals surface area contributed by atoms with Gasteiger partial charge in [0, 0.05) is 0 Å². The molecule has 5 nitrogen and oxygen atoms in total. The zero-order valence-electron chi connectivity index (χ0n) is 13.1. The molecule has 0 spiro atoms. The summed E-state index contributed by atoms with van der Waals surface area (Å²) in [6, 6.07) is 6.69. The molecule has 0 heterocycles. The van der Waals surface area contributed by atoms with E-state index in [4.69, 9.17) is 14.2 Å². The molecular formula is C16H22O5. The first-order chi connectivity index (χ1) is 9.78. The fourth-order valence-electron chi connectivity index (χ4n) is 1.75. The van der Waals surface area contributed by atoms with E-state index in [1.165, 1.54) is 0 Å². The molecule has 1 rings (SSSR count). The molecule has 0 N–H and O–H groups in total. The van der Waals surface area contributed by atoms with Crippen LogP contribution < -0.4 is 4.74 Å². The minimum Gasteiger partial charge on any atom is -0.497 e. The maximum Gasteiger partial charge on any atom is 0.325 e. The maximum atomic E-state index is 12.3. The van der Waals surface area contributed by atoms with Crippen LogP contribution in [-0.2, 0) is 19.1 Å². The summed E-state index contributed by atoms with van der Waals surface area (Å²) in [5.74, 6) is -1.68. The van der Waals surface area contributed by atoms with Gasteiger partial charge in [0.25, 0.3) is 0 Å². The van der Waals surface area contributed by atoms with E-state index in [9.17, 15) is 9.59 Å². The molecule has 0 saturated carbocycles. The van der Waals surface area contributed by atoms with Gasteiger partial charge in [-0.1, -0.05) is 12.1 Å². The third kappa shape index (κ3) is 5.10. The number of carbonyl (C=O) groups is 2. The smallest absolute Gasteiger partial charge is 0.325 e. The van der Waals surface area contributed by atoms with Gasteiger partial charge in [-0.25, -0.2) is 0 Å². The van der Waals surface area contributed by atoms with Gasteiger partial charge in [0.05, 0.1) is 13.7 Å². The van der Waals surface area contributed by atoms with Crippen molar-refractivity contribution in [3.8, 4) is 5.75 Å². The number of rotatable bonds is 5. The number of methoxy groups -OCH3 is 1. The first-order valence-corrected chi connectivity index (χ1v) is 6.82. The van der Waals surface area contributed by atoms with Gasteiger partial charge in [-0.2, -0.15) is 0 Å². The number of hydrogen-bond acceptors (Lipinski definition) is 5. The molecule has 5 heteroatoms. The van der Waals surface area contributed by atoms with Crippen molar-refractivity contribution in [2.45, 2.75) is 39.2 Å². The Kier molecular flexibility index (Phi) is 5.76. The Labute approximate surface area is 125 Å². The molecule has 0 amide bonds. The van der Waals surface area contributed by atoms with Crippen molar-refractivity contribution in [3.63, 3.8) is 0 Å². The van der Waals surface area contributed by atoms with Gasteiger partial charge in [-0.05, 0) is 45.4 Å². The lowest BCUT2D eigenvalue weighted by molar-refractivity contribution is -0.164. The number of hydrogen-bond donors (Lipinski definition) is 0. The molecule has 0 fully saturated rings.